The van der Waals surface area contributed by atoms with E-state index in [1.807, 2.05) is 18.2 Å². The number of aromatic amines is 1. The fraction of sp³-hybridized carbons (Fsp3) is 0.0833. The molecule has 0 saturated heterocycles. The van der Waals surface area contributed by atoms with Crippen LogP contribution in [0.15, 0.2) is 42.0 Å². The van der Waals surface area contributed by atoms with Crippen LogP contribution in [0.1, 0.15) is 4.88 Å². The Balaban J connectivity index is 1.89. The van der Waals surface area contributed by atoms with Crippen LogP contribution >= 0.6 is 23.6 Å². The monoisotopic (exact) mass is 289 g/mol. The van der Waals surface area contributed by atoms with Crippen molar-refractivity contribution in [2.75, 3.05) is 5.43 Å². The minimum atomic E-state index is 0.545. The molecule has 0 aliphatic heterocycles. The van der Waals surface area contributed by atoms with Gasteiger partial charge in [-0.25, -0.2) is 9.77 Å². The van der Waals surface area contributed by atoms with Gasteiger partial charge in [0, 0.05) is 22.8 Å². The van der Waals surface area contributed by atoms with Crippen LogP contribution in [-0.2, 0) is 6.54 Å². The third kappa shape index (κ3) is 2.56. The molecule has 0 radical (unpaired) electrons. The summed E-state index contributed by atoms with van der Waals surface area (Å²) in [6, 6.07) is 7.90. The van der Waals surface area contributed by atoms with Gasteiger partial charge in [-0.2, -0.15) is 5.10 Å². The van der Waals surface area contributed by atoms with Crippen LogP contribution in [0.25, 0.3) is 11.4 Å². The first kappa shape index (κ1) is 12.1. The van der Waals surface area contributed by atoms with Crippen LogP contribution in [0.2, 0.25) is 0 Å². The van der Waals surface area contributed by atoms with Gasteiger partial charge < -0.3 is 5.43 Å². The minimum absolute atomic E-state index is 0.545. The molecule has 3 heterocycles. The molecular formula is C12H11N5S2. The van der Waals surface area contributed by atoms with Crippen LogP contribution < -0.4 is 5.43 Å². The fourth-order valence-electron chi connectivity index (χ4n) is 1.71. The van der Waals surface area contributed by atoms with Crippen LogP contribution in [0.4, 0.5) is 0 Å². The highest BCUT2D eigenvalue weighted by molar-refractivity contribution is 7.71. The van der Waals surface area contributed by atoms with E-state index in [1.54, 1.807) is 28.4 Å². The molecule has 7 heteroatoms. The summed E-state index contributed by atoms with van der Waals surface area (Å²) in [4.78, 5) is 5.24. The number of pyridine rings is 1. The van der Waals surface area contributed by atoms with Crippen molar-refractivity contribution in [3.05, 3.63) is 51.7 Å². The first-order valence-corrected chi connectivity index (χ1v) is 6.97. The number of H-pyrrole nitrogens is 1. The Kier molecular flexibility index (Phi) is 3.39. The number of nitrogens with zero attached hydrogens (tertiary/aromatic N) is 3. The maximum absolute atomic E-state index is 5.24. The minimum Gasteiger partial charge on any atom is -0.317 e. The molecular weight excluding hydrogens is 278 g/mol. The summed E-state index contributed by atoms with van der Waals surface area (Å²) in [5.41, 5.74) is 4.23. The lowest BCUT2D eigenvalue weighted by molar-refractivity contribution is 0.838. The van der Waals surface area contributed by atoms with Gasteiger partial charge in [0.15, 0.2) is 5.82 Å². The van der Waals surface area contributed by atoms with Gasteiger partial charge in [0.25, 0.3) is 0 Å². The number of rotatable bonds is 4. The van der Waals surface area contributed by atoms with E-state index in [1.165, 1.54) is 4.88 Å². The van der Waals surface area contributed by atoms with Crippen molar-refractivity contribution in [2.45, 2.75) is 6.54 Å². The van der Waals surface area contributed by atoms with Crippen LogP contribution in [0.5, 0.6) is 0 Å². The molecule has 96 valence electrons. The topological polar surface area (TPSA) is 58.5 Å². The Morgan fingerprint density at radius 3 is 2.89 bits per heavy atom. The molecule has 0 spiro atoms. The molecule has 3 aromatic heterocycles. The summed E-state index contributed by atoms with van der Waals surface area (Å²) >= 11 is 6.94. The Labute approximate surface area is 118 Å². The SMILES string of the molecule is S=c1[nH]nc(-c2ccncc2)n1NCc1cccs1. The summed E-state index contributed by atoms with van der Waals surface area (Å²) < 4.78 is 2.33. The van der Waals surface area contributed by atoms with Crippen molar-refractivity contribution in [1.82, 2.24) is 19.9 Å². The van der Waals surface area contributed by atoms with Gasteiger partial charge in [0.2, 0.25) is 4.77 Å². The van der Waals surface area contributed by atoms with E-state index >= 15 is 0 Å². The predicted molar refractivity (Wildman–Crippen MR) is 78.0 cm³/mol. The summed E-state index contributed by atoms with van der Waals surface area (Å²) in [6.07, 6.45) is 3.47. The normalized spacial score (nSPS) is 10.5. The second-order valence-electron chi connectivity index (χ2n) is 3.84. The molecule has 2 N–H and O–H groups in total. The summed E-state index contributed by atoms with van der Waals surface area (Å²) in [7, 11) is 0. The maximum atomic E-state index is 5.24. The first-order valence-electron chi connectivity index (χ1n) is 5.68. The fourth-order valence-corrected chi connectivity index (χ4v) is 2.54. The molecule has 0 aliphatic rings. The van der Waals surface area contributed by atoms with Crippen LogP contribution in [-0.4, -0.2) is 19.9 Å². The van der Waals surface area contributed by atoms with Crippen molar-refractivity contribution in [1.29, 1.82) is 0 Å². The van der Waals surface area contributed by atoms with Crippen molar-refractivity contribution >= 4 is 23.6 Å². The van der Waals surface area contributed by atoms with Gasteiger partial charge in [-0.05, 0) is 35.8 Å². The molecule has 0 amide bonds. The van der Waals surface area contributed by atoms with Crippen molar-refractivity contribution in [3.8, 4) is 11.4 Å². The maximum Gasteiger partial charge on any atom is 0.214 e. The molecule has 0 aliphatic carbocycles. The lowest BCUT2D eigenvalue weighted by Gasteiger charge is -2.08. The van der Waals surface area contributed by atoms with Gasteiger partial charge >= 0.3 is 0 Å². The van der Waals surface area contributed by atoms with Gasteiger partial charge in [0.05, 0.1) is 6.54 Å². The molecule has 0 aromatic carbocycles. The van der Waals surface area contributed by atoms with E-state index in [0.29, 0.717) is 11.3 Å². The quantitative estimate of drug-likeness (QED) is 0.725. The van der Waals surface area contributed by atoms with Gasteiger partial charge in [-0.1, -0.05) is 6.07 Å². The summed E-state index contributed by atoms with van der Waals surface area (Å²) in [6.45, 7) is 0.712. The first-order chi connectivity index (χ1) is 9.34. The van der Waals surface area contributed by atoms with Crippen molar-refractivity contribution < 1.29 is 0 Å². The Bertz CT molecular complexity index is 699. The number of thiophene rings is 1. The van der Waals surface area contributed by atoms with E-state index < -0.39 is 0 Å². The zero-order valence-electron chi connectivity index (χ0n) is 9.91. The van der Waals surface area contributed by atoms with E-state index in [4.69, 9.17) is 12.2 Å². The number of hydrogen-bond donors (Lipinski definition) is 2. The molecule has 19 heavy (non-hydrogen) atoms. The second kappa shape index (κ2) is 5.33. The van der Waals surface area contributed by atoms with E-state index in [2.05, 4.69) is 32.1 Å². The molecule has 0 fully saturated rings. The zero-order chi connectivity index (χ0) is 13.1. The highest BCUT2D eigenvalue weighted by atomic mass is 32.1. The lowest BCUT2D eigenvalue weighted by atomic mass is 10.2. The highest BCUT2D eigenvalue weighted by Gasteiger charge is 2.08. The Hall–Kier alpha value is -1.99. The molecule has 3 aromatic rings. The molecule has 0 saturated carbocycles. The van der Waals surface area contributed by atoms with Gasteiger partial charge in [0.1, 0.15) is 0 Å². The summed E-state index contributed by atoms with van der Waals surface area (Å²) in [5.74, 6) is 0.754. The average Bonchev–Trinajstić information content (AvgIpc) is 3.07. The van der Waals surface area contributed by atoms with E-state index in [0.717, 1.165) is 11.4 Å². The van der Waals surface area contributed by atoms with Crippen LogP contribution in [0, 0.1) is 4.77 Å². The number of nitrogens with one attached hydrogen (secondary N) is 2. The van der Waals surface area contributed by atoms with Crippen LogP contribution in [0.3, 0.4) is 0 Å². The van der Waals surface area contributed by atoms with E-state index in [9.17, 15) is 0 Å². The molecule has 0 unspecified atom stereocenters. The van der Waals surface area contributed by atoms with Gasteiger partial charge in [-0.3, -0.25) is 4.98 Å². The predicted octanol–water partition coefficient (Wildman–Crippen LogP) is 2.81. The average molecular weight is 289 g/mol. The number of aromatic nitrogens is 4. The third-order valence-corrected chi connectivity index (χ3v) is 3.75. The third-order valence-electron chi connectivity index (χ3n) is 2.60. The standard InChI is InChI=1S/C12H11N5S2/c18-12-16-15-11(9-3-5-13-6-4-9)17(12)14-8-10-2-1-7-19-10/h1-7,14H,8H2,(H,16,18). The largest absolute Gasteiger partial charge is 0.317 e. The van der Waals surface area contributed by atoms with Gasteiger partial charge in [-0.15, -0.1) is 11.3 Å². The molecule has 0 bridgehead atoms. The highest BCUT2D eigenvalue weighted by Crippen LogP contribution is 2.15. The molecule has 0 atom stereocenters. The smallest absolute Gasteiger partial charge is 0.214 e. The Morgan fingerprint density at radius 2 is 2.16 bits per heavy atom. The van der Waals surface area contributed by atoms with Crippen molar-refractivity contribution in [3.63, 3.8) is 0 Å². The Morgan fingerprint density at radius 1 is 1.32 bits per heavy atom. The van der Waals surface area contributed by atoms with Crippen molar-refractivity contribution in [2.24, 2.45) is 0 Å². The zero-order valence-corrected chi connectivity index (χ0v) is 11.5. The summed E-state index contributed by atoms with van der Waals surface area (Å²) in [5, 5.41) is 9.10. The second-order valence-corrected chi connectivity index (χ2v) is 5.26. The molecule has 3 rings (SSSR count). The number of hydrogen-bond acceptors (Lipinski definition) is 5. The van der Waals surface area contributed by atoms with E-state index in [-0.39, 0.29) is 0 Å². The molecule has 5 nitrogen and oxygen atoms in total. The lowest BCUT2D eigenvalue weighted by Crippen LogP contribution is -2.15.